The van der Waals surface area contributed by atoms with Crippen molar-refractivity contribution in [2.24, 2.45) is 0 Å². The van der Waals surface area contributed by atoms with Crippen LogP contribution < -0.4 is 9.64 Å². The van der Waals surface area contributed by atoms with Gasteiger partial charge in [-0.25, -0.2) is 4.39 Å². The van der Waals surface area contributed by atoms with Crippen molar-refractivity contribution < 1.29 is 23.4 Å². The van der Waals surface area contributed by atoms with Crippen LogP contribution in [0.1, 0.15) is 5.56 Å². The predicted octanol–water partition coefficient (Wildman–Crippen LogP) is 2.47. The SMILES string of the molecule is COc1ccc(CN2CCOC[C@]3(C2)CN(c2ccc(F)cc2)C(=O)CO3)cc1. The van der Waals surface area contributed by atoms with E-state index in [0.717, 1.165) is 18.8 Å². The first kappa shape index (κ1) is 19.8. The minimum atomic E-state index is -0.620. The van der Waals surface area contributed by atoms with E-state index >= 15 is 0 Å². The zero-order chi connectivity index (χ0) is 20.3. The Kier molecular flexibility index (Phi) is 5.80. The first-order chi connectivity index (χ1) is 14.1. The lowest BCUT2D eigenvalue weighted by atomic mass is 10.0. The third-order valence-corrected chi connectivity index (χ3v) is 5.38. The van der Waals surface area contributed by atoms with Crippen LogP contribution in [0.2, 0.25) is 0 Å². The summed E-state index contributed by atoms with van der Waals surface area (Å²) < 4.78 is 30.4. The Labute approximate surface area is 169 Å². The highest BCUT2D eigenvalue weighted by molar-refractivity contribution is 5.95. The maximum atomic E-state index is 13.3. The second kappa shape index (κ2) is 8.49. The molecule has 29 heavy (non-hydrogen) atoms. The number of morpholine rings is 1. The summed E-state index contributed by atoms with van der Waals surface area (Å²) in [5, 5.41) is 0. The molecule has 1 atom stereocenters. The summed E-state index contributed by atoms with van der Waals surface area (Å²) in [4.78, 5) is 16.4. The van der Waals surface area contributed by atoms with Gasteiger partial charge in [-0.1, -0.05) is 12.1 Å². The molecule has 7 heteroatoms. The van der Waals surface area contributed by atoms with Crippen molar-refractivity contribution in [1.29, 1.82) is 0 Å². The minimum Gasteiger partial charge on any atom is -0.497 e. The van der Waals surface area contributed by atoms with Gasteiger partial charge in [-0.05, 0) is 42.0 Å². The second-order valence-corrected chi connectivity index (χ2v) is 7.54. The largest absolute Gasteiger partial charge is 0.497 e. The molecule has 0 bridgehead atoms. The smallest absolute Gasteiger partial charge is 0.253 e. The van der Waals surface area contributed by atoms with E-state index in [9.17, 15) is 9.18 Å². The molecular weight excluding hydrogens is 375 g/mol. The predicted molar refractivity (Wildman–Crippen MR) is 107 cm³/mol. The molecule has 1 amide bonds. The summed E-state index contributed by atoms with van der Waals surface area (Å²) in [6.07, 6.45) is 0. The number of amides is 1. The van der Waals surface area contributed by atoms with E-state index in [-0.39, 0.29) is 18.3 Å². The molecule has 4 rings (SSSR count). The quantitative estimate of drug-likeness (QED) is 0.789. The monoisotopic (exact) mass is 400 g/mol. The molecule has 2 saturated heterocycles. The lowest BCUT2D eigenvalue weighted by Gasteiger charge is -2.43. The van der Waals surface area contributed by atoms with Crippen molar-refractivity contribution in [3.63, 3.8) is 0 Å². The molecular formula is C22H25FN2O4. The van der Waals surface area contributed by atoms with Crippen LogP contribution in [-0.2, 0) is 20.8 Å². The van der Waals surface area contributed by atoms with E-state index in [1.165, 1.54) is 17.7 Å². The molecule has 2 fully saturated rings. The average molecular weight is 400 g/mol. The van der Waals surface area contributed by atoms with Gasteiger partial charge in [0.2, 0.25) is 0 Å². The number of nitrogens with zero attached hydrogens (tertiary/aromatic N) is 2. The number of carbonyl (C=O) groups is 1. The van der Waals surface area contributed by atoms with Crippen molar-refractivity contribution in [2.45, 2.75) is 12.1 Å². The van der Waals surface area contributed by atoms with Crippen molar-refractivity contribution in [3.8, 4) is 5.75 Å². The van der Waals surface area contributed by atoms with E-state index < -0.39 is 5.60 Å². The van der Waals surface area contributed by atoms with Crippen LogP contribution in [-0.4, -0.2) is 63.0 Å². The third kappa shape index (κ3) is 4.58. The molecule has 0 saturated carbocycles. The van der Waals surface area contributed by atoms with Crippen LogP contribution in [0.15, 0.2) is 48.5 Å². The summed E-state index contributed by atoms with van der Waals surface area (Å²) in [6, 6.07) is 14.0. The van der Waals surface area contributed by atoms with Crippen LogP contribution >= 0.6 is 0 Å². The molecule has 0 radical (unpaired) electrons. The van der Waals surface area contributed by atoms with Crippen molar-refractivity contribution in [1.82, 2.24) is 4.90 Å². The van der Waals surface area contributed by atoms with Gasteiger partial charge in [0, 0.05) is 25.3 Å². The van der Waals surface area contributed by atoms with Gasteiger partial charge in [-0.3, -0.25) is 9.69 Å². The number of ether oxygens (including phenoxy) is 3. The Bertz CT molecular complexity index is 843. The highest BCUT2D eigenvalue weighted by atomic mass is 19.1. The first-order valence-electron chi connectivity index (χ1n) is 9.70. The number of hydrogen-bond acceptors (Lipinski definition) is 5. The van der Waals surface area contributed by atoms with Gasteiger partial charge in [0.1, 0.15) is 23.8 Å². The van der Waals surface area contributed by atoms with Gasteiger partial charge in [0.05, 0.1) is 26.9 Å². The van der Waals surface area contributed by atoms with Crippen molar-refractivity contribution in [2.75, 3.05) is 51.5 Å². The van der Waals surface area contributed by atoms with E-state index in [1.54, 1.807) is 24.1 Å². The molecule has 0 unspecified atom stereocenters. The highest BCUT2D eigenvalue weighted by Crippen LogP contribution is 2.28. The fourth-order valence-corrected chi connectivity index (χ4v) is 3.86. The topological polar surface area (TPSA) is 51.2 Å². The zero-order valence-corrected chi connectivity index (χ0v) is 16.5. The molecule has 0 aromatic heterocycles. The summed E-state index contributed by atoms with van der Waals surface area (Å²) in [5.41, 5.74) is 1.22. The fraction of sp³-hybridized carbons (Fsp3) is 0.409. The van der Waals surface area contributed by atoms with Gasteiger partial charge in [0.25, 0.3) is 5.91 Å². The summed E-state index contributed by atoms with van der Waals surface area (Å²) >= 11 is 0. The normalized spacial score (nSPS) is 23.2. The van der Waals surface area contributed by atoms with Gasteiger partial charge in [-0.2, -0.15) is 0 Å². The summed E-state index contributed by atoms with van der Waals surface area (Å²) in [5.74, 6) is 0.370. The number of halogens is 1. The minimum absolute atomic E-state index is 0.0168. The Morgan fingerprint density at radius 1 is 1.10 bits per heavy atom. The first-order valence-corrected chi connectivity index (χ1v) is 9.70. The lowest BCUT2D eigenvalue weighted by Crippen LogP contribution is -2.60. The molecule has 154 valence electrons. The zero-order valence-electron chi connectivity index (χ0n) is 16.5. The summed E-state index contributed by atoms with van der Waals surface area (Å²) in [7, 11) is 1.65. The van der Waals surface area contributed by atoms with Crippen LogP contribution in [0.4, 0.5) is 10.1 Å². The lowest BCUT2D eigenvalue weighted by molar-refractivity contribution is -0.146. The van der Waals surface area contributed by atoms with Gasteiger partial charge >= 0.3 is 0 Å². The molecule has 2 heterocycles. The Morgan fingerprint density at radius 2 is 1.86 bits per heavy atom. The molecule has 2 aromatic rings. The average Bonchev–Trinajstić information content (AvgIpc) is 2.93. The molecule has 2 aliphatic heterocycles. The molecule has 0 aliphatic carbocycles. The molecule has 6 nitrogen and oxygen atoms in total. The number of rotatable bonds is 4. The highest BCUT2D eigenvalue weighted by Gasteiger charge is 2.43. The van der Waals surface area contributed by atoms with E-state index in [2.05, 4.69) is 4.90 Å². The molecule has 1 spiro atoms. The van der Waals surface area contributed by atoms with E-state index in [4.69, 9.17) is 14.2 Å². The van der Waals surface area contributed by atoms with Crippen LogP contribution in [0, 0.1) is 5.82 Å². The van der Waals surface area contributed by atoms with Crippen molar-refractivity contribution >= 4 is 11.6 Å². The number of anilines is 1. The number of methoxy groups -OCH3 is 1. The molecule has 2 aromatic carbocycles. The number of benzene rings is 2. The maximum Gasteiger partial charge on any atom is 0.253 e. The Balaban J connectivity index is 1.50. The second-order valence-electron chi connectivity index (χ2n) is 7.54. The van der Waals surface area contributed by atoms with Crippen LogP contribution in [0.5, 0.6) is 5.75 Å². The number of hydrogen-bond donors (Lipinski definition) is 0. The van der Waals surface area contributed by atoms with E-state index in [1.807, 2.05) is 24.3 Å². The molecule has 2 aliphatic rings. The Morgan fingerprint density at radius 3 is 2.59 bits per heavy atom. The standard InChI is InChI=1S/C22H25FN2O4/c1-27-20-8-2-17(3-9-20)12-24-10-11-28-16-22(14-24)15-25(21(26)13-29-22)19-6-4-18(23)5-7-19/h2-9H,10-16H2,1H3/t22-/m0/s1. The maximum absolute atomic E-state index is 13.3. The third-order valence-electron chi connectivity index (χ3n) is 5.38. The number of carbonyl (C=O) groups excluding carboxylic acids is 1. The molecule has 0 N–H and O–H groups in total. The van der Waals surface area contributed by atoms with Crippen LogP contribution in [0.3, 0.4) is 0 Å². The van der Waals surface area contributed by atoms with Gasteiger partial charge < -0.3 is 19.1 Å². The van der Waals surface area contributed by atoms with Gasteiger partial charge in [0.15, 0.2) is 0 Å². The Hall–Kier alpha value is -2.48. The van der Waals surface area contributed by atoms with Crippen molar-refractivity contribution in [3.05, 3.63) is 59.9 Å². The van der Waals surface area contributed by atoms with Crippen LogP contribution in [0.25, 0.3) is 0 Å². The summed E-state index contributed by atoms with van der Waals surface area (Å²) in [6.45, 7) is 3.55. The van der Waals surface area contributed by atoms with Gasteiger partial charge in [-0.15, -0.1) is 0 Å². The fourth-order valence-electron chi connectivity index (χ4n) is 3.86. The van der Waals surface area contributed by atoms with E-state index in [0.29, 0.717) is 32.0 Å².